The van der Waals surface area contributed by atoms with Crippen LogP contribution < -0.4 is 5.56 Å². The second-order valence-corrected chi connectivity index (χ2v) is 3.25. The van der Waals surface area contributed by atoms with Gasteiger partial charge < -0.3 is 9.72 Å². The van der Waals surface area contributed by atoms with Gasteiger partial charge in [0, 0.05) is 18.9 Å². The Hall–Kier alpha value is -1.16. The predicted octanol–water partition coefficient (Wildman–Crippen LogP) is 1.43. The second-order valence-electron chi connectivity index (χ2n) is 3.25. The van der Waals surface area contributed by atoms with Crippen LogP contribution in [0.5, 0.6) is 0 Å². The van der Waals surface area contributed by atoms with Gasteiger partial charge >= 0.3 is 0 Å². The molecule has 0 amide bonds. The molecule has 1 N–H and O–H groups in total. The zero-order valence-electron chi connectivity index (χ0n) is 8.83. The summed E-state index contributed by atoms with van der Waals surface area (Å²) in [4.78, 5) is 18.2. The molecule has 1 unspecified atom stereocenters. The van der Waals surface area contributed by atoms with E-state index in [-0.39, 0.29) is 11.7 Å². The Bertz CT molecular complexity index is 346. The van der Waals surface area contributed by atoms with Crippen LogP contribution in [0.1, 0.15) is 37.9 Å². The van der Waals surface area contributed by atoms with E-state index >= 15 is 0 Å². The summed E-state index contributed by atoms with van der Waals surface area (Å²) in [5, 5.41) is 0. The number of aromatic nitrogens is 2. The molecule has 0 saturated heterocycles. The average molecular weight is 196 g/mol. The van der Waals surface area contributed by atoms with Crippen molar-refractivity contribution in [2.75, 3.05) is 7.11 Å². The van der Waals surface area contributed by atoms with Gasteiger partial charge in [-0.2, -0.15) is 0 Å². The lowest BCUT2D eigenvalue weighted by molar-refractivity contribution is 0.111. The summed E-state index contributed by atoms with van der Waals surface area (Å²) in [6.07, 6.45) is 1.64. The van der Waals surface area contributed by atoms with Crippen molar-refractivity contribution in [3.8, 4) is 0 Å². The van der Waals surface area contributed by atoms with Crippen molar-refractivity contribution in [1.82, 2.24) is 9.97 Å². The lowest BCUT2D eigenvalue weighted by Crippen LogP contribution is -2.15. The first kappa shape index (κ1) is 10.9. The zero-order chi connectivity index (χ0) is 10.6. The number of nitrogens with one attached hydrogen (secondary N) is 1. The third-order valence-corrected chi connectivity index (χ3v) is 2.06. The van der Waals surface area contributed by atoms with E-state index in [9.17, 15) is 4.79 Å². The monoisotopic (exact) mass is 196 g/mol. The molecule has 78 valence electrons. The van der Waals surface area contributed by atoms with Crippen molar-refractivity contribution < 1.29 is 4.74 Å². The molecule has 0 fully saturated rings. The number of H-pyrrole nitrogens is 1. The van der Waals surface area contributed by atoms with Crippen molar-refractivity contribution in [2.45, 2.75) is 32.8 Å². The highest BCUT2D eigenvalue weighted by molar-refractivity contribution is 5.04. The first-order valence-electron chi connectivity index (χ1n) is 4.80. The zero-order valence-corrected chi connectivity index (χ0v) is 8.83. The van der Waals surface area contributed by atoms with Crippen LogP contribution in [0.2, 0.25) is 0 Å². The molecule has 4 nitrogen and oxygen atoms in total. The summed E-state index contributed by atoms with van der Waals surface area (Å²) in [6, 6.07) is 1.54. The number of nitrogens with zero attached hydrogens (tertiary/aromatic N) is 1. The minimum Gasteiger partial charge on any atom is -0.374 e. The smallest absolute Gasteiger partial charge is 0.251 e. The largest absolute Gasteiger partial charge is 0.374 e. The highest BCUT2D eigenvalue weighted by Crippen LogP contribution is 2.09. The predicted molar refractivity (Wildman–Crippen MR) is 54.3 cm³/mol. The fourth-order valence-corrected chi connectivity index (χ4v) is 1.22. The highest BCUT2D eigenvalue weighted by atomic mass is 16.5. The molecule has 0 bridgehead atoms. The Morgan fingerprint density at radius 2 is 2.36 bits per heavy atom. The molecule has 1 aromatic heterocycles. The fraction of sp³-hybridized carbons (Fsp3) is 0.600. The summed E-state index contributed by atoms with van der Waals surface area (Å²) < 4.78 is 5.09. The lowest BCUT2D eigenvalue weighted by atomic mass is 10.2. The molecule has 4 heteroatoms. The quantitative estimate of drug-likeness (QED) is 0.792. The maximum absolute atomic E-state index is 11.3. The molecular formula is C10H16N2O2. The lowest BCUT2D eigenvalue weighted by Gasteiger charge is -2.09. The number of rotatable bonds is 4. The van der Waals surface area contributed by atoms with Crippen LogP contribution in [0.3, 0.4) is 0 Å². The third-order valence-electron chi connectivity index (χ3n) is 2.06. The van der Waals surface area contributed by atoms with Crippen LogP contribution in [-0.2, 0) is 11.2 Å². The van der Waals surface area contributed by atoms with Gasteiger partial charge in [-0.15, -0.1) is 0 Å². The van der Waals surface area contributed by atoms with E-state index in [4.69, 9.17) is 4.74 Å². The van der Waals surface area contributed by atoms with E-state index in [0.29, 0.717) is 5.82 Å². The molecular weight excluding hydrogens is 180 g/mol. The van der Waals surface area contributed by atoms with Gasteiger partial charge in [0.2, 0.25) is 0 Å². The summed E-state index contributed by atoms with van der Waals surface area (Å²) >= 11 is 0. The summed E-state index contributed by atoms with van der Waals surface area (Å²) in [7, 11) is 1.59. The molecule has 0 spiro atoms. The minimum absolute atomic E-state index is 0.109. The molecule has 0 aliphatic heterocycles. The summed E-state index contributed by atoms with van der Waals surface area (Å²) in [5.74, 6) is 0.600. The second kappa shape index (κ2) is 4.91. The van der Waals surface area contributed by atoms with Crippen molar-refractivity contribution in [3.63, 3.8) is 0 Å². The Balaban J connectivity index is 3.00. The first-order valence-corrected chi connectivity index (χ1v) is 4.80. The highest BCUT2D eigenvalue weighted by Gasteiger charge is 2.07. The molecule has 0 aliphatic carbocycles. The van der Waals surface area contributed by atoms with Crippen LogP contribution in [0, 0.1) is 0 Å². The number of aromatic amines is 1. The Kier molecular flexibility index (Phi) is 3.83. The average Bonchev–Trinajstić information content (AvgIpc) is 2.16. The molecule has 1 rings (SSSR count). The minimum atomic E-state index is -0.167. The van der Waals surface area contributed by atoms with Gasteiger partial charge in [0.1, 0.15) is 11.9 Å². The van der Waals surface area contributed by atoms with E-state index in [0.717, 1.165) is 18.5 Å². The maximum atomic E-state index is 11.3. The van der Waals surface area contributed by atoms with Gasteiger partial charge in [-0.1, -0.05) is 13.3 Å². The van der Waals surface area contributed by atoms with Crippen LogP contribution in [0.25, 0.3) is 0 Å². The van der Waals surface area contributed by atoms with E-state index in [1.807, 2.05) is 6.92 Å². The SMILES string of the molecule is CCCc1cc(=O)[nH]c(C(C)OC)n1. The standard InChI is InChI=1S/C10H16N2O2/c1-4-5-8-6-9(13)12-10(11-8)7(2)14-3/h6-7H,4-5H2,1-3H3,(H,11,12,13). The van der Waals surface area contributed by atoms with Crippen molar-refractivity contribution in [3.05, 3.63) is 27.9 Å². The number of hydrogen-bond donors (Lipinski definition) is 1. The van der Waals surface area contributed by atoms with Crippen LogP contribution in [0.15, 0.2) is 10.9 Å². The topological polar surface area (TPSA) is 55.0 Å². The van der Waals surface area contributed by atoms with E-state index in [1.165, 1.54) is 6.07 Å². The first-order chi connectivity index (χ1) is 6.67. The molecule has 0 aromatic carbocycles. The van der Waals surface area contributed by atoms with E-state index in [2.05, 4.69) is 16.9 Å². The van der Waals surface area contributed by atoms with Gasteiger partial charge in [0.05, 0.1) is 0 Å². The normalized spacial score (nSPS) is 12.8. The Labute approximate surface area is 83.3 Å². The molecule has 1 atom stereocenters. The summed E-state index contributed by atoms with van der Waals surface area (Å²) in [5.41, 5.74) is 0.720. The van der Waals surface area contributed by atoms with Gasteiger partial charge in [-0.05, 0) is 13.3 Å². The van der Waals surface area contributed by atoms with Crippen molar-refractivity contribution in [2.24, 2.45) is 0 Å². The van der Waals surface area contributed by atoms with Crippen LogP contribution in [-0.4, -0.2) is 17.1 Å². The molecule has 0 saturated carbocycles. The van der Waals surface area contributed by atoms with Gasteiger partial charge in [0.25, 0.3) is 5.56 Å². The number of ether oxygens (including phenoxy) is 1. The molecule has 0 radical (unpaired) electrons. The molecule has 1 heterocycles. The third kappa shape index (κ3) is 2.67. The number of methoxy groups -OCH3 is 1. The molecule has 0 aliphatic rings. The summed E-state index contributed by atoms with van der Waals surface area (Å²) in [6.45, 7) is 3.91. The Morgan fingerprint density at radius 3 is 2.93 bits per heavy atom. The van der Waals surface area contributed by atoms with Gasteiger partial charge in [0.15, 0.2) is 0 Å². The number of hydrogen-bond acceptors (Lipinski definition) is 3. The van der Waals surface area contributed by atoms with Gasteiger partial charge in [-0.25, -0.2) is 4.98 Å². The maximum Gasteiger partial charge on any atom is 0.251 e. The van der Waals surface area contributed by atoms with E-state index in [1.54, 1.807) is 7.11 Å². The fourth-order valence-electron chi connectivity index (χ4n) is 1.22. The van der Waals surface area contributed by atoms with E-state index < -0.39 is 0 Å². The van der Waals surface area contributed by atoms with Gasteiger partial charge in [-0.3, -0.25) is 4.79 Å². The van der Waals surface area contributed by atoms with Crippen LogP contribution >= 0.6 is 0 Å². The Morgan fingerprint density at radius 1 is 1.64 bits per heavy atom. The van der Waals surface area contributed by atoms with Crippen molar-refractivity contribution in [1.29, 1.82) is 0 Å². The van der Waals surface area contributed by atoms with Crippen molar-refractivity contribution >= 4 is 0 Å². The van der Waals surface area contributed by atoms with Crippen LogP contribution in [0.4, 0.5) is 0 Å². The molecule has 14 heavy (non-hydrogen) atoms. The molecule has 1 aromatic rings. The number of aryl methyl sites for hydroxylation is 1.